The van der Waals surface area contributed by atoms with Crippen LogP contribution in [-0.2, 0) is 10.0 Å². The van der Waals surface area contributed by atoms with Gasteiger partial charge in [0.25, 0.3) is 0 Å². The van der Waals surface area contributed by atoms with Crippen molar-refractivity contribution >= 4 is 10.0 Å². The second-order valence-corrected chi connectivity index (χ2v) is 6.21. The average Bonchev–Trinajstić information content (AvgIpc) is 2.48. The smallest absolute Gasteiger partial charge is 0.243 e. The van der Waals surface area contributed by atoms with Gasteiger partial charge in [-0.2, -0.15) is 0 Å². The Balaban J connectivity index is 2.12. The zero-order valence-corrected chi connectivity index (χ0v) is 11.9. The topological polar surface area (TPSA) is 66.4 Å². The predicted molar refractivity (Wildman–Crippen MR) is 72.9 cm³/mol. The van der Waals surface area contributed by atoms with Crippen LogP contribution in [0.1, 0.15) is 11.7 Å². The summed E-state index contributed by atoms with van der Waals surface area (Å²) >= 11 is 0. The fourth-order valence-corrected chi connectivity index (χ4v) is 2.88. The monoisotopic (exact) mass is 331 g/mol. The molecule has 0 spiro atoms. The molecule has 8 heteroatoms. The van der Waals surface area contributed by atoms with Crippen molar-refractivity contribution in [3.63, 3.8) is 0 Å². The minimum absolute atomic E-state index is 0.281. The van der Waals surface area contributed by atoms with E-state index < -0.39 is 45.0 Å². The van der Waals surface area contributed by atoms with Gasteiger partial charge in [-0.25, -0.2) is 26.3 Å². The highest BCUT2D eigenvalue weighted by molar-refractivity contribution is 7.89. The van der Waals surface area contributed by atoms with Crippen LogP contribution in [0.5, 0.6) is 0 Å². The Bertz CT molecular complexity index is 763. The van der Waals surface area contributed by atoms with E-state index in [9.17, 15) is 26.7 Å². The van der Waals surface area contributed by atoms with Crippen LogP contribution < -0.4 is 4.72 Å². The fraction of sp³-hybridized carbons (Fsp3) is 0.143. The summed E-state index contributed by atoms with van der Waals surface area (Å²) in [5.74, 6) is -3.29. The first-order chi connectivity index (χ1) is 10.3. The zero-order valence-electron chi connectivity index (χ0n) is 11.1. The highest BCUT2D eigenvalue weighted by atomic mass is 32.2. The Kier molecular flexibility index (Phi) is 4.84. The summed E-state index contributed by atoms with van der Waals surface area (Å²) in [5.41, 5.74) is 0.281. The first kappa shape index (κ1) is 16.5. The van der Waals surface area contributed by atoms with E-state index in [2.05, 4.69) is 0 Å². The Morgan fingerprint density at radius 1 is 1.05 bits per heavy atom. The number of rotatable bonds is 5. The van der Waals surface area contributed by atoms with Gasteiger partial charge in [0.2, 0.25) is 10.0 Å². The maximum absolute atomic E-state index is 13.5. The number of hydrogen-bond donors (Lipinski definition) is 2. The lowest BCUT2D eigenvalue weighted by molar-refractivity contribution is 0.182. The number of benzene rings is 2. The molecule has 0 aliphatic carbocycles. The third kappa shape index (κ3) is 3.65. The molecule has 0 heterocycles. The first-order valence-electron chi connectivity index (χ1n) is 6.18. The molecule has 22 heavy (non-hydrogen) atoms. The molecule has 0 aliphatic heterocycles. The lowest BCUT2D eigenvalue weighted by Gasteiger charge is -2.13. The third-order valence-electron chi connectivity index (χ3n) is 2.93. The number of sulfonamides is 1. The number of nitrogens with one attached hydrogen (secondary N) is 1. The van der Waals surface area contributed by atoms with E-state index in [0.717, 1.165) is 30.3 Å². The summed E-state index contributed by atoms with van der Waals surface area (Å²) in [5, 5.41) is 9.83. The highest BCUT2D eigenvalue weighted by Crippen LogP contribution is 2.18. The van der Waals surface area contributed by atoms with Gasteiger partial charge in [-0.15, -0.1) is 0 Å². The summed E-state index contributed by atoms with van der Waals surface area (Å²) in [7, 11) is -4.32. The van der Waals surface area contributed by atoms with Gasteiger partial charge in [0.05, 0.1) is 6.10 Å². The molecule has 0 aromatic heterocycles. The maximum Gasteiger partial charge on any atom is 0.243 e. The van der Waals surface area contributed by atoms with Crippen molar-refractivity contribution in [1.29, 1.82) is 0 Å². The second kappa shape index (κ2) is 6.47. The van der Waals surface area contributed by atoms with Crippen molar-refractivity contribution in [2.45, 2.75) is 11.0 Å². The number of aliphatic hydroxyl groups excluding tert-OH is 1. The predicted octanol–water partition coefficient (Wildman–Crippen LogP) is 2.12. The van der Waals surface area contributed by atoms with Crippen LogP contribution in [0, 0.1) is 17.5 Å². The van der Waals surface area contributed by atoms with Crippen molar-refractivity contribution in [1.82, 2.24) is 4.72 Å². The summed E-state index contributed by atoms with van der Waals surface area (Å²) < 4.78 is 65.1. The van der Waals surface area contributed by atoms with Gasteiger partial charge in [-0.1, -0.05) is 18.2 Å². The zero-order chi connectivity index (χ0) is 16.3. The van der Waals surface area contributed by atoms with Gasteiger partial charge >= 0.3 is 0 Å². The summed E-state index contributed by atoms with van der Waals surface area (Å²) in [6.45, 7) is -0.468. The summed E-state index contributed by atoms with van der Waals surface area (Å²) in [6, 6.07) is 7.56. The van der Waals surface area contributed by atoms with E-state index in [1.54, 1.807) is 0 Å². The Morgan fingerprint density at radius 2 is 1.68 bits per heavy atom. The molecule has 2 aromatic rings. The number of hydrogen-bond acceptors (Lipinski definition) is 3. The molecule has 0 fully saturated rings. The van der Waals surface area contributed by atoms with Crippen LogP contribution in [-0.4, -0.2) is 20.1 Å². The molecule has 0 aliphatic rings. The maximum atomic E-state index is 13.5. The van der Waals surface area contributed by atoms with Crippen LogP contribution in [0.3, 0.4) is 0 Å². The largest absolute Gasteiger partial charge is 0.387 e. The molecule has 0 saturated carbocycles. The van der Waals surface area contributed by atoms with Gasteiger partial charge in [0.15, 0.2) is 11.6 Å². The Morgan fingerprint density at radius 3 is 2.32 bits per heavy atom. The normalized spacial score (nSPS) is 13.1. The molecular weight excluding hydrogens is 319 g/mol. The Labute approximate surface area is 125 Å². The van der Waals surface area contributed by atoms with Gasteiger partial charge < -0.3 is 5.11 Å². The number of aliphatic hydroxyl groups is 1. The molecule has 2 aromatic carbocycles. The van der Waals surface area contributed by atoms with E-state index in [-0.39, 0.29) is 5.56 Å². The van der Waals surface area contributed by atoms with Gasteiger partial charge in [0.1, 0.15) is 10.7 Å². The van der Waals surface area contributed by atoms with E-state index >= 15 is 0 Å². The molecule has 0 amide bonds. The van der Waals surface area contributed by atoms with E-state index in [1.807, 2.05) is 4.72 Å². The lowest BCUT2D eigenvalue weighted by Crippen LogP contribution is -2.29. The van der Waals surface area contributed by atoms with Crippen LogP contribution in [0.2, 0.25) is 0 Å². The molecule has 118 valence electrons. The van der Waals surface area contributed by atoms with Crippen LogP contribution >= 0.6 is 0 Å². The van der Waals surface area contributed by atoms with Crippen LogP contribution in [0.25, 0.3) is 0 Å². The molecule has 0 bridgehead atoms. The molecule has 0 saturated heterocycles. The quantitative estimate of drug-likeness (QED) is 0.882. The molecular formula is C14H12F3NO3S. The van der Waals surface area contributed by atoms with Crippen molar-refractivity contribution in [3.05, 3.63) is 65.5 Å². The summed E-state index contributed by atoms with van der Waals surface area (Å²) in [6.07, 6.45) is -1.26. The highest BCUT2D eigenvalue weighted by Gasteiger charge is 2.22. The fourth-order valence-electron chi connectivity index (χ4n) is 1.76. The van der Waals surface area contributed by atoms with Crippen LogP contribution in [0.15, 0.2) is 47.4 Å². The standard InChI is InChI=1S/C14H12F3NO3S/c15-10-6-4-9(5-7-10)12(19)8-18-22(20,21)13-3-1-2-11(16)14(13)17/h1-7,12,18-19H,8H2. The number of halogens is 3. The van der Waals surface area contributed by atoms with Crippen molar-refractivity contribution in [2.24, 2.45) is 0 Å². The minimum atomic E-state index is -4.32. The molecule has 1 unspecified atom stereocenters. The Hall–Kier alpha value is -1.90. The third-order valence-corrected chi connectivity index (χ3v) is 4.37. The molecule has 0 radical (unpaired) electrons. The van der Waals surface area contributed by atoms with Gasteiger partial charge in [-0.3, -0.25) is 0 Å². The average molecular weight is 331 g/mol. The van der Waals surface area contributed by atoms with Crippen molar-refractivity contribution < 1.29 is 26.7 Å². The molecule has 2 rings (SSSR count). The first-order valence-corrected chi connectivity index (χ1v) is 7.67. The van der Waals surface area contributed by atoms with Gasteiger partial charge in [0, 0.05) is 6.54 Å². The van der Waals surface area contributed by atoms with E-state index in [4.69, 9.17) is 0 Å². The van der Waals surface area contributed by atoms with Gasteiger partial charge in [-0.05, 0) is 29.8 Å². The van der Waals surface area contributed by atoms with Crippen molar-refractivity contribution in [2.75, 3.05) is 6.54 Å². The lowest BCUT2D eigenvalue weighted by atomic mass is 10.1. The molecule has 1 atom stereocenters. The second-order valence-electron chi connectivity index (χ2n) is 4.47. The molecule has 4 nitrogen and oxygen atoms in total. The summed E-state index contributed by atoms with van der Waals surface area (Å²) in [4.78, 5) is -0.848. The SMILES string of the molecule is O=S(=O)(NCC(O)c1ccc(F)cc1)c1cccc(F)c1F. The van der Waals surface area contributed by atoms with E-state index in [0.29, 0.717) is 0 Å². The van der Waals surface area contributed by atoms with Crippen molar-refractivity contribution in [3.8, 4) is 0 Å². The van der Waals surface area contributed by atoms with E-state index in [1.165, 1.54) is 12.1 Å². The minimum Gasteiger partial charge on any atom is -0.387 e. The van der Waals surface area contributed by atoms with Crippen LogP contribution in [0.4, 0.5) is 13.2 Å². The molecule has 2 N–H and O–H groups in total.